The molecule has 0 bridgehead atoms. The summed E-state index contributed by atoms with van der Waals surface area (Å²) in [6.07, 6.45) is 0.383. The van der Waals surface area contributed by atoms with E-state index < -0.39 is 24.0 Å². The van der Waals surface area contributed by atoms with Crippen molar-refractivity contribution in [2.75, 3.05) is 20.2 Å². The second-order valence-corrected chi connectivity index (χ2v) is 3.66. The number of hydrogen-bond acceptors (Lipinski definition) is 4. The number of nitrogens with one attached hydrogen (secondary N) is 1. The minimum Gasteiger partial charge on any atom is -0.480 e. The quantitative estimate of drug-likeness (QED) is 0.648. The maximum Gasteiger partial charge on any atom is 0.326 e. The minimum atomic E-state index is -1.06. The molecule has 0 aromatic rings. The summed E-state index contributed by atoms with van der Waals surface area (Å²) < 4.78 is 4.69. The van der Waals surface area contributed by atoms with Gasteiger partial charge in [-0.1, -0.05) is 6.92 Å². The molecule has 0 aromatic carbocycles. The van der Waals surface area contributed by atoms with Crippen molar-refractivity contribution in [2.24, 2.45) is 0 Å². The summed E-state index contributed by atoms with van der Waals surface area (Å²) in [5.74, 6) is -1.45. The Balaban J connectivity index is 4.08. The van der Waals surface area contributed by atoms with Crippen LogP contribution in [-0.2, 0) is 14.3 Å². The fourth-order valence-corrected chi connectivity index (χ4v) is 1.39. The van der Waals surface area contributed by atoms with E-state index >= 15 is 0 Å². The number of carbonyl (C=O) groups is 3. The largest absolute Gasteiger partial charge is 0.480 e. The van der Waals surface area contributed by atoms with Crippen LogP contribution in [0.25, 0.3) is 0 Å². The van der Waals surface area contributed by atoms with Crippen LogP contribution in [0.1, 0.15) is 26.7 Å². The van der Waals surface area contributed by atoms with Gasteiger partial charge < -0.3 is 20.1 Å². The SMILES string of the molecule is CCOC(=O)CCNC(=O)N(C)C(CC)C(=O)O. The molecule has 1 unspecified atom stereocenters. The van der Waals surface area contributed by atoms with Crippen LogP contribution in [-0.4, -0.2) is 54.2 Å². The van der Waals surface area contributed by atoms with Gasteiger partial charge in [0.15, 0.2) is 0 Å². The number of ether oxygens (including phenoxy) is 1. The Bertz CT molecular complexity index is 306. The van der Waals surface area contributed by atoms with Crippen molar-refractivity contribution >= 4 is 18.0 Å². The standard InChI is InChI=1S/C11H20N2O5/c1-4-8(10(15)16)13(3)11(17)12-7-6-9(14)18-5-2/h8H,4-7H2,1-3H3,(H,12,17)(H,15,16). The number of aliphatic carboxylic acids is 1. The van der Waals surface area contributed by atoms with Crippen LogP contribution in [0.15, 0.2) is 0 Å². The molecule has 0 aliphatic carbocycles. The Kier molecular flexibility index (Phi) is 7.50. The minimum absolute atomic E-state index is 0.0667. The first-order valence-corrected chi connectivity index (χ1v) is 5.83. The molecule has 0 saturated carbocycles. The summed E-state index contributed by atoms with van der Waals surface area (Å²) >= 11 is 0. The Labute approximate surface area is 106 Å². The topological polar surface area (TPSA) is 95.9 Å². The Morgan fingerprint density at radius 1 is 1.33 bits per heavy atom. The number of likely N-dealkylation sites (N-methyl/N-ethyl adjacent to an activating group) is 1. The molecule has 2 amide bonds. The first kappa shape index (κ1) is 16.2. The normalized spacial score (nSPS) is 11.5. The lowest BCUT2D eigenvalue weighted by molar-refractivity contribution is -0.143. The van der Waals surface area contributed by atoms with Crippen LogP contribution < -0.4 is 5.32 Å². The van der Waals surface area contributed by atoms with Gasteiger partial charge in [-0.2, -0.15) is 0 Å². The highest BCUT2D eigenvalue weighted by atomic mass is 16.5. The maximum atomic E-state index is 11.6. The second kappa shape index (κ2) is 8.32. The molecular formula is C11H20N2O5. The molecule has 0 saturated heterocycles. The van der Waals surface area contributed by atoms with E-state index in [1.54, 1.807) is 13.8 Å². The lowest BCUT2D eigenvalue weighted by Crippen LogP contribution is -2.47. The van der Waals surface area contributed by atoms with Crippen molar-refractivity contribution in [1.29, 1.82) is 0 Å². The summed E-state index contributed by atoms with van der Waals surface area (Å²) in [5, 5.41) is 11.3. The van der Waals surface area contributed by atoms with E-state index in [2.05, 4.69) is 5.32 Å². The first-order chi connectivity index (χ1) is 8.43. The van der Waals surface area contributed by atoms with Crippen molar-refractivity contribution < 1.29 is 24.2 Å². The van der Waals surface area contributed by atoms with Crippen LogP contribution in [0.5, 0.6) is 0 Å². The smallest absolute Gasteiger partial charge is 0.326 e. The third kappa shape index (κ3) is 5.51. The summed E-state index contributed by atoms with van der Waals surface area (Å²) in [6, 6.07) is -1.39. The molecule has 0 radical (unpaired) electrons. The van der Waals surface area contributed by atoms with E-state index in [0.29, 0.717) is 13.0 Å². The van der Waals surface area contributed by atoms with E-state index in [9.17, 15) is 14.4 Å². The fraction of sp³-hybridized carbons (Fsp3) is 0.727. The molecule has 0 aliphatic heterocycles. The Hall–Kier alpha value is -1.79. The van der Waals surface area contributed by atoms with Crippen molar-refractivity contribution in [3.8, 4) is 0 Å². The van der Waals surface area contributed by atoms with Crippen molar-refractivity contribution in [3.05, 3.63) is 0 Å². The molecule has 7 heteroatoms. The number of nitrogens with zero attached hydrogens (tertiary/aromatic N) is 1. The third-order valence-electron chi connectivity index (χ3n) is 2.37. The number of carbonyl (C=O) groups excluding carboxylic acids is 2. The summed E-state index contributed by atoms with van der Waals surface area (Å²) in [7, 11) is 1.40. The van der Waals surface area contributed by atoms with E-state index in [0.717, 1.165) is 4.90 Å². The number of hydrogen-bond donors (Lipinski definition) is 2. The van der Waals surface area contributed by atoms with Crippen LogP contribution in [0.3, 0.4) is 0 Å². The summed E-state index contributed by atoms with van der Waals surface area (Å²) in [5.41, 5.74) is 0. The van der Waals surface area contributed by atoms with Crippen molar-refractivity contribution in [3.63, 3.8) is 0 Å². The zero-order valence-corrected chi connectivity index (χ0v) is 10.9. The van der Waals surface area contributed by atoms with Crippen LogP contribution in [0.4, 0.5) is 4.79 Å². The van der Waals surface area contributed by atoms with Crippen molar-refractivity contribution in [2.45, 2.75) is 32.7 Å². The fourth-order valence-electron chi connectivity index (χ4n) is 1.39. The molecule has 1 atom stereocenters. The van der Waals surface area contributed by atoms with Gasteiger partial charge in [0.05, 0.1) is 13.0 Å². The van der Waals surface area contributed by atoms with Crippen LogP contribution >= 0.6 is 0 Å². The highest BCUT2D eigenvalue weighted by molar-refractivity contribution is 5.82. The number of urea groups is 1. The molecule has 7 nitrogen and oxygen atoms in total. The average molecular weight is 260 g/mol. The predicted octanol–water partition coefficient (Wildman–Crippen LogP) is 0.444. The van der Waals surface area contributed by atoms with Gasteiger partial charge in [0, 0.05) is 13.6 Å². The zero-order chi connectivity index (χ0) is 14.1. The molecule has 0 spiro atoms. The first-order valence-electron chi connectivity index (χ1n) is 5.83. The monoisotopic (exact) mass is 260 g/mol. The average Bonchev–Trinajstić information content (AvgIpc) is 2.29. The molecule has 0 aliphatic rings. The van der Waals surface area contributed by atoms with Crippen LogP contribution in [0.2, 0.25) is 0 Å². The van der Waals surface area contributed by atoms with Gasteiger partial charge in [-0.3, -0.25) is 4.79 Å². The van der Waals surface area contributed by atoms with Crippen molar-refractivity contribution in [1.82, 2.24) is 10.2 Å². The molecular weight excluding hydrogens is 240 g/mol. The summed E-state index contributed by atoms with van der Waals surface area (Å²) in [4.78, 5) is 34.6. The maximum absolute atomic E-state index is 11.6. The highest BCUT2D eigenvalue weighted by Gasteiger charge is 2.24. The van der Waals surface area contributed by atoms with Gasteiger partial charge in [-0.05, 0) is 13.3 Å². The zero-order valence-electron chi connectivity index (χ0n) is 10.9. The second-order valence-electron chi connectivity index (χ2n) is 3.66. The van der Waals surface area contributed by atoms with Gasteiger partial charge in [0.25, 0.3) is 0 Å². The van der Waals surface area contributed by atoms with Gasteiger partial charge >= 0.3 is 18.0 Å². The van der Waals surface area contributed by atoms with Gasteiger partial charge in [-0.15, -0.1) is 0 Å². The lowest BCUT2D eigenvalue weighted by atomic mass is 10.2. The number of amides is 2. The predicted molar refractivity (Wildman–Crippen MR) is 64.1 cm³/mol. The van der Waals surface area contributed by atoms with E-state index in [1.807, 2.05) is 0 Å². The molecule has 0 fully saturated rings. The molecule has 18 heavy (non-hydrogen) atoms. The van der Waals surface area contributed by atoms with Gasteiger partial charge in [-0.25, -0.2) is 9.59 Å². The molecule has 0 rings (SSSR count). The number of esters is 1. The molecule has 0 aromatic heterocycles. The Morgan fingerprint density at radius 3 is 2.39 bits per heavy atom. The number of carboxylic acids is 1. The third-order valence-corrected chi connectivity index (χ3v) is 2.37. The molecule has 104 valence electrons. The van der Waals surface area contributed by atoms with Crippen LogP contribution in [0, 0.1) is 0 Å². The van der Waals surface area contributed by atoms with E-state index in [1.165, 1.54) is 7.05 Å². The van der Waals surface area contributed by atoms with E-state index in [4.69, 9.17) is 9.84 Å². The Morgan fingerprint density at radius 2 is 1.94 bits per heavy atom. The summed E-state index contributed by atoms with van der Waals surface area (Å²) in [6.45, 7) is 3.80. The molecule has 2 N–H and O–H groups in total. The van der Waals surface area contributed by atoms with Gasteiger partial charge in [0.1, 0.15) is 6.04 Å². The lowest BCUT2D eigenvalue weighted by Gasteiger charge is -2.23. The number of rotatable bonds is 7. The van der Waals surface area contributed by atoms with E-state index in [-0.39, 0.29) is 13.0 Å². The van der Waals surface area contributed by atoms with Gasteiger partial charge in [0.2, 0.25) is 0 Å². The number of carboxylic acid groups (broad SMARTS) is 1. The highest BCUT2D eigenvalue weighted by Crippen LogP contribution is 2.02. The molecule has 0 heterocycles.